The van der Waals surface area contributed by atoms with Crippen molar-refractivity contribution in [3.05, 3.63) is 54.1 Å². The monoisotopic (exact) mass is 425 g/mol. The molecule has 0 spiro atoms. The van der Waals surface area contributed by atoms with Gasteiger partial charge in [-0.2, -0.15) is 4.31 Å². The van der Waals surface area contributed by atoms with E-state index in [2.05, 4.69) is 0 Å². The summed E-state index contributed by atoms with van der Waals surface area (Å²) in [6.45, 7) is 3.85. The number of aliphatic hydroxyl groups is 1. The van der Waals surface area contributed by atoms with Gasteiger partial charge in [-0.05, 0) is 30.0 Å². The zero-order valence-corrected chi connectivity index (χ0v) is 17.5. The molecule has 0 fully saturated rings. The summed E-state index contributed by atoms with van der Waals surface area (Å²) in [5, 5.41) is 20.4. The summed E-state index contributed by atoms with van der Waals surface area (Å²) in [6.07, 6.45) is -0.614. The Balaban J connectivity index is 0.00000420. The maximum atomic E-state index is 13.1. The Morgan fingerprint density at radius 1 is 1.07 bits per heavy atom. The van der Waals surface area contributed by atoms with Crippen LogP contribution in [-0.2, 0) is 16.4 Å². The maximum absolute atomic E-state index is 13.1. The molecule has 0 aliphatic heterocycles. The molecule has 0 saturated carbocycles. The van der Waals surface area contributed by atoms with Gasteiger partial charge in [-0.25, -0.2) is 8.42 Å². The van der Waals surface area contributed by atoms with Crippen LogP contribution in [0.5, 0.6) is 5.75 Å². The van der Waals surface area contributed by atoms with Crippen molar-refractivity contribution in [2.45, 2.75) is 37.3 Å². The molecule has 0 radical (unpaired) electrons. The second kappa shape index (κ2) is 10.6. The normalized spacial score (nSPS) is 13.9. The van der Waals surface area contributed by atoms with Crippen LogP contribution in [0.15, 0.2) is 53.4 Å². The fourth-order valence-corrected chi connectivity index (χ4v) is 4.52. The Morgan fingerprint density at radius 3 is 2.24 bits per heavy atom. The molecule has 162 valence electrons. The van der Waals surface area contributed by atoms with E-state index in [1.807, 2.05) is 44.2 Å². The number of nitrogens with two attached hydrogens (primary N) is 2. The van der Waals surface area contributed by atoms with Crippen molar-refractivity contribution in [1.82, 2.24) is 4.31 Å². The van der Waals surface area contributed by atoms with Gasteiger partial charge in [-0.3, -0.25) is 0 Å². The van der Waals surface area contributed by atoms with Gasteiger partial charge in [0.05, 0.1) is 16.7 Å². The van der Waals surface area contributed by atoms with Crippen LogP contribution < -0.4 is 11.5 Å². The molecule has 2 aromatic rings. The van der Waals surface area contributed by atoms with Crippen LogP contribution in [0.4, 0.5) is 5.69 Å². The van der Waals surface area contributed by atoms with Crippen LogP contribution in [0.3, 0.4) is 0 Å². The van der Waals surface area contributed by atoms with E-state index in [1.165, 1.54) is 16.4 Å². The van der Waals surface area contributed by atoms with E-state index < -0.39 is 22.2 Å². The number of phenolic OH excluding ortho intramolecular Hbond substituents is 1. The highest BCUT2D eigenvalue weighted by molar-refractivity contribution is 7.89. The predicted molar refractivity (Wildman–Crippen MR) is 114 cm³/mol. The lowest BCUT2D eigenvalue weighted by Crippen LogP contribution is -2.47. The molecule has 9 heteroatoms. The first-order valence-corrected chi connectivity index (χ1v) is 10.6. The molecule has 29 heavy (non-hydrogen) atoms. The van der Waals surface area contributed by atoms with Gasteiger partial charge in [0.15, 0.2) is 0 Å². The molecule has 0 unspecified atom stereocenters. The van der Waals surface area contributed by atoms with Crippen LogP contribution in [-0.4, -0.2) is 53.6 Å². The largest absolute Gasteiger partial charge is 0.506 e. The smallest absolute Gasteiger partial charge is 0.243 e. The lowest BCUT2D eigenvalue weighted by Gasteiger charge is -2.28. The molecule has 0 aliphatic rings. The van der Waals surface area contributed by atoms with Crippen molar-refractivity contribution < 1.29 is 24.1 Å². The van der Waals surface area contributed by atoms with E-state index in [9.17, 15) is 18.6 Å². The van der Waals surface area contributed by atoms with Crippen molar-refractivity contribution >= 4 is 15.7 Å². The van der Waals surface area contributed by atoms with Gasteiger partial charge in [0.2, 0.25) is 10.0 Å². The van der Waals surface area contributed by atoms with Crippen LogP contribution >= 0.6 is 0 Å². The number of sulfonamides is 1. The number of hydrogen-bond acceptors (Lipinski definition) is 6. The zero-order chi connectivity index (χ0) is 20.9. The third-order valence-electron chi connectivity index (χ3n) is 4.41. The molecule has 8 N–H and O–H groups in total. The minimum atomic E-state index is -3.93. The van der Waals surface area contributed by atoms with Crippen molar-refractivity contribution in [3.8, 4) is 5.75 Å². The van der Waals surface area contributed by atoms with Gasteiger partial charge >= 0.3 is 0 Å². The van der Waals surface area contributed by atoms with Crippen LogP contribution in [0, 0.1) is 5.92 Å². The fourth-order valence-electron chi connectivity index (χ4n) is 2.88. The van der Waals surface area contributed by atoms with Gasteiger partial charge in [-0.1, -0.05) is 44.2 Å². The van der Waals surface area contributed by atoms with E-state index in [1.54, 1.807) is 0 Å². The van der Waals surface area contributed by atoms with Crippen molar-refractivity contribution in [2.24, 2.45) is 11.7 Å². The quantitative estimate of drug-likeness (QED) is 0.342. The van der Waals surface area contributed by atoms with Crippen LogP contribution in [0.1, 0.15) is 19.4 Å². The summed E-state index contributed by atoms with van der Waals surface area (Å²) >= 11 is 0. The van der Waals surface area contributed by atoms with Crippen LogP contribution in [0.2, 0.25) is 0 Å². The number of anilines is 1. The Labute approximate surface area is 172 Å². The lowest BCUT2D eigenvalue weighted by molar-refractivity contribution is 0.116. The molecule has 0 saturated heterocycles. The number of aromatic hydroxyl groups is 1. The Morgan fingerprint density at radius 2 is 1.69 bits per heavy atom. The van der Waals surface area contributed by atoms with E-state index in [-0.39, 0.29) is 40.8 Å². The number of nitrogens with zero attached hydrogens (tertiary/aromatic N) is 1. The second-order valence-electron chi connectivity index (χ2n) is 7.36. The molecular weight excluding hydrogens is 394 g/mol. The summed E-state index contributed by atoms with van der Waals surface area (Å²) in [5.41, 5.74) is 12.8. The molecule has 0 heterocycles. The van der Waals surface area contributed by atoms with E-state index >= 15 is 0 Å². The average Bonchev–Trinajstić information content (AvgIpc) is 2.63. The minimum absolute atomic E-state index is 0. The van der Waals surface area contributed by atoms with Gasteiger partial charge in [0.1, 0.15) is 5.75 Å². The molecule has 2 aromatic carbocycles. The third-order valence-corrected chi connectivity index (χ3v) is 6.24. The van der Waals surface area contributed by atoms with Crippen molar-refractivity contribution in [2.75, 3.05) is 18.8 Å². The number of nitrogen functional groups attached to an aromatic ring is 1. The number of rotatable bonds is 9. The number of phenols is 1. The van der Waals surface area contributed by atoms with E-state index in [0.717, 1.165) is 11.6 Å². The first-order chi connectivity index (χ1) is 13.1. The lowest BCUT2D eigenvalue weighted by atomic mass is 10.0. The molecule has 2 rings (SSSR count). The Kier molecular flexibility index (Phi) is 9.06. The minimum Gasteiger partial charge on any atom is -0.506 e. The highest BCUT2D eigenvalue weighted by Gasteiger charge is 2.29. The number of aliphatic hydroxyl groups excluding tert-OH is 1. The summed E-state index contributed by atoms with van der Waals surface area (Å²) in [5.74, 6) is -0.262. The molecule has 0 aliphatic carbocycles. The first kappa shape index (κ1) is 24.9. The highest BCUT2D eigenvalue weighted by atomic mass is 32.2. The van der Waals surface area contributed by atoms with Gasteiger partial charge in [0.25, 0.3) is 0 Å². The van der Waals surface area contributed by atoms with Crippen LogP contribution in [0.25, 0.3) is 0 Å². The molecule has 0 aromatic heterocycles. The molecular formula is C20H31N3O5S. The highest BCUT2D eigenvalue weighted by Crippen LogP contribution is 2.26. The third kappa shape index (κ3) is 6.69. The molecule has 0 bridgehead atoms. The number of benzene rings is 2. The summed E-state index contributed by atoms with van der Waals surface area (Å²) in [7, 11) is -3.93. The Bertz CT molecular complexity index is 875. The van der Waals surface area contributed by atoms with Crippen molar-refractivity contribution in [3.63, 3.8) is 0 Å². The van der Waals surface area contributed by atoms with Gasteiger partial charge < -0.3 is 27.2 Å². The van der Waals surface area contributed by atoms with Gasteiger partial charge in [0, 0.05) is 25.2 Å². The maximum Gasteiger partial charge on any atom is 0.243 e. The standard InChI is InChI=1S/C20H29N3O4S.H2O/c1-14(2)12-23(28(26,27)16-8-9-17(21)19(24)11-16)13-20(25)18(22)10-15-6-4-3-5-7-15;/h3-9,11,14,18,20,24-25H,10,12-13,21-22H2,1-2H3;1H2/t18-,20+;/m0./s1. The molecule has 2 atom stereocenters. The van der Waals surface area contributed by atoms with Gasteiger partial charge in [-0.15, -0.1) is 0 Å². The van der Waals surface area contributed by atoms with E-state index in [0.29, 0.717) is 6.42 Å². The first-order valence-electron chi connectivity index (χ1n) is 9.17. The molecule has 0 amide bonds. The Hall–Kier alpha value is -2.17. The average molecular weight is 426 g/mol. The summed E-state index contributed by atoms with van der Waals surface area (Å²) in [6, 6.07) is 12.7. The molecule has 8 nitrogen and oxygen atoms in total. The topological polar surface area (TPSA) is 161 Å². The number of hydrogen-bond donors (Lipinski definition) is 4. The summed E-state index contributed by atoms with van der Waals surface area (Å²) in [4.78, 5) is -0.0799. The summed E-state index contributed by atoms with van der Waals surface area (Å²) < 4.78 is 27.3. The second-order valence-corrected chi connectivity index (χ2v) is 9.30. The predicted octanol–water partition coefficient (Wildman–Crippen LogP) is 0.727. The zero-order valence-electron chi connectivity index (χ0n) is 16.7. The van der Waals surface area contributed by atoms with Crippen molar-refractivity contribution in [1.29, 1.82) is 0 Å². The fraction of sp³-hybridized carbons (Fsp3) is 0.400. The SMILES string of the molecule is CC(C)CN(C[C@@H](O)[C@@H](N)Cc1ccccc1)S(=O)(=O)c1ccc(N)c(O)c1.O. The van der Waals surface area contributed by atoms with E-state index in [4.69, 9.17) is 11.5 Å².